The number of benzene rings is 1. The minimum atomic E-state index is 0.0383. The lowest BCUT2D eigenvalue weighted by Gasteiger charge is -2.41. The van der Waals surface area contributed by atoms with Crippen LogP contribution in [0.1, 0.15) is 46.0 Å². The topological polar surface area (TPSA) is 41.6 Å². The summed E-state index contributed by atoms with van der Waals surface area (Å²) in [5.74, 6) is 0.978. The predicted molar refractivity (Wildman–Crippen MR) is 93.7 cm³/mol. The molecule has 128 valence electrons. The van der Waals surface area contributed by atoms with Gasteiger partial charge in [0.05, 0.1) is 6.61 Å². The number of hydrogen-bond donors (Lipinski definition) is 1. The van der Waals surface area contributed by atoms with E-state index in [1.807, 2.05) is 30.3 Å². The molecule has 1 aliphatic rings. The van der Waals surface area contributed by atoms with E-state index in [0.29, 0.717) is 19.6 Å². The lowest BCUT2D eigenvalue weighted by molar-refractivity contribution is -0.121. The molecule has 1 saturated heterocycles. The number of para-hydroxylation sites is 1. The van der Waals surface area contributed by atoms with Crippen LogP contribution in [0.2, 0.25) is 0 Å². The Kier molecular flexibility index (Phi) is 6.90. The van der Waals surface area contributed by atoms with Gasteiger partial charge in [0.15, 0.2) is 0 Å². The fraction of sp³-hybridized carbons (Fsp3) is 0.632. The molecule has 0 radical (unpaired) electrons. The number of nitrogens with one attached hydrogen (secondary N) is 1. The highest BCUT2D eigenvalue weighted by atomic mass is 16.5. The van der Waals surface area contributed by atoms with Crippen LogP contribution in [0, 0.1) is 0 Å². The first kappa shape index (κ1) is 17.8. The molecule has 0 aromatic heterocycles. The molecular weight excluding hydrogens is 288 g/mol. The summed E-state index contributed by atoms with van der Waals surface area (Å²) in [5.41, 5.74) is 0.0383. The van der Waals surface area contributed by atoms with Crippen molar-refractivity contribution in [3.8, 4) is 5.75 Å². The van der Waals surface area contributed by atoms with Gasteiger partial charge in [-0.05, 0) is 58.3 Å². The first-order chi connectivity index (χ1) is 11.1. The van der Waals surface area contributed by atoms with E-state index >= 15 is 0 Å². The second-order valence-electron chi connectivity index (χ2n) is 6.90. The largest absolute Gasteiger partial charge is 0.494 e. The summed E-state index contributed by atoms with van der Waals surface area (Å²) in [7, 11) is 0. The first-order valence-corrected chi connectivity index (χ1v) is 8.77. The number of hydrogen-bond acceptors (Lipinski definition) is 3. The Balaban J connectivity index is 1.60. The van der Waals surface area contributed by atoms with Crippen molar-refractivity contribution in [1.29, 1.82) is 0 Å². The monoisotopic (exact) mass is 318 g/mol. The van der Waals surface area contributed by atoms with Gasteiger partial charge in [-0.15, -0.1) is 0 Å². The number of rotatable bonds is 8. The van der Waals surface area contributed by atoms with Gasteiger partial charge in [0.25, 0.3) is 0 Å². The van der Waals surface area contributed by atoms with E-state index in [9.17, 15) is 4.79 Å². The second-order valence-corrected chi connectivity index (χ2v) is 6.90. The molecule has 0 atom stereocenters. The summed E-state index contributed by atoms with van der Waals surface area (Å²) in [4.78, 5) is 14.5. The number of carbonyl (C=O) groups excluding carboxylic acids is 1. The predicted octanol–water partition coefficient (Wildman–Crippen LogP) is 3.23. The van der Waals surface area contributed by atoms with Gasteiger partial charge in [-0.3, -0.25) is 9.69 Å². The fourth-order valence-electron chi connectivity index (χ4n) is 2.95. The molecule has 0 unspecified atom stereocenters. The number of amides is 1. The minimum absolute atomic E-state index is 0.0383. The Hall–Kier alpha value is -1.55. The maximum absolute atomic E-state index is 12.0. The van der Waals surface area contributed by atoms with Crippen LogP contribution in [0.4, 0.5) is 0 Å². The van der Waals surface area contributed by atoms with E-state index in [-0.39, 0.29) is 11.4 Å². The molecule has 0 aliphatic carbocycles. The fourth-order valence-corrected chi connectivity index (χ4v) is 2.95. The average Bonchev–Trinajstić information content (AvgIpc) is 2.59. The van der Waals surface area contributed by atoms with E-state index in [1.165, 1.54) is 19.3 Å². The van der Waals surface area contributed by atoms with E-state index in [2.05, 4.69) is 24.1 Å². The van der Waals surface area contributed by atoms with Crippen molar-refractivity contribution in [2.75, 3.05) is 26.2 Å². The van der Waals surface area contributed by atoms with Gasteiger partial charge in [-0.25, -0.2) is 0 Å². The van der Waals surface area contributed by atoms with Gasteiger partial charge >= 0.3 is 0 Å². The molecule has 0 saturated carbocycles. The van der Waals surface area contributed by atoms with Gasteiger partial charge in [-0.2, -0.15) is 0 Å². The Bertz CT molecular complexity index is 468. The number of nitrogens with zero attached hydrogens (tertiary/aromatic N) is 1. The highest BCUT2D eigenvalue weighted by molar-refractivity contribution is 5.75. The van der Waals surface area contributed by atoms with Crippen LogP contribution in [-0.4, -0.2) is 42.6 Å². The minimum Gasteiger partial charge on any atom is -0.494 e. The van der Waals surface area contributed by atoms with Gasteiger partial charge in [-0.1, -0.05) is 24.6 Å². The summed E-state index contributed by atoms with van der Waals surface area (Å²) in [6.45, 7) is 8.02. The standard InChI is InChI=1S/C19H30N2O2/c1-19(2,21-13-7-4-8-14-21)16-20-18(22)12-9-15-23-17-10-5-3-6-11-17/h3,5-6,10-11H,4,7-9,12-16H2,1-2H3,(H,20,22). The highest BCUT2D eigenvalue weighted by Gasteiger charge is 2.28. The van der Waals surface area contributed by atoms with E-state index < -0.39 is 0 Å². The quantitative estimate of drug-likeness (QED) is 0.748. The van der Waals surface area contributed by atoms with Crippen molar-refractivity contribution >= 4 is 5.91 Å². The Morgan fingerprint density at radius 2 is 1.87 bits per heavy atom. The van der Waals surface area contributed by atoms with Crippen molar-refractivity contribution in [3.05, 3.63) is 30.3 Å². The van der Waals surface area contributed by atoms with Crippen molar-refractivity contribution < 1.29 is 9.53 Å². The Morgan fingerprint density at radius 1 is 1.17 bits per heavy atom. The molecule has 1 aliphatic heterocycles. The van der Waals surface area contributed by atoms with Gasteiger partial charge < -0.3 is 10.1 Å². The van der Waals surface area contributed by atoms with Crippen LogP contribution in [0.3, 0.4) is 0 Å². The lowest BCUT2D eigenvalue weighted by Crippen LogP contribution is -2.53. The molecule has 4 heteroatoms. The first-order valence-electron chi connectivity index (χ1n) is 8.77. The molecule has 23 heavy (non-hydrogen) atoms. The van der Waals surface area contributed by atoms with Crippen molar-refractivity contribution in [3.63, 3.8) is 0 Å². The number of likely N-dealkylation sites (tertiary alicyclic amines) is 1. The summed E-state index contributed by atoms with van der Waals surface area (Å²) in [5, 5.41) is 3.08. The van der Waals surface area contributed by atoms with Gasteiger partial charge in [0.1, 0.15) is 5.75 Å². The zero-order chi connectivity index (χ0) is 16.5. The molecule has 2 rings (SSSR count). The third-order valence-electron chi connectivity index (χ3n) is 4.49. The van der Waals surface area contributed by atoms with Crippen molar-refractivity contribution in [2.24, 2.45) is 0 Å². The summed E-state index contributed by atoms with van der Waals surface area (Å²) < 4.78 is 5.61. The molecule has 1 amide bonds. The van der Waals surface area contributed by atoms with Gasteiger partial charge in [0.2, 0.25) is 5.91 Å². The molecule has 1 aromatic carbocycles. The number of ether oxygens (including phenoxy) is 1. The van der Waals surface area contributed by atoms with Crippen LogP contribution >= 0.6 is 0 Å². The molecule has 4 nitrogen and oxygen atoms in total. The Morgan fingerprint density at radius 3 is 2.57 bits per heavy atom. The SMILES string of the molecule is CC(C)(CNC(=O)CCCOc1ccccc1)N1CCCCC1. The maximum atomic E-state index is 12.0. The molecular formula is C19H30N2O2. The second kappa shape index (κ2) is 8.92. The van der Waals surface area contributed by atoms with Crippen molar-refractivity contribution in [2.45, 2.75) is 51.5 Å². The summed E-state index contributed by atoms with van der Waals surface area (Å²) in [6.07, 6.45) is 5.14. The molecule has 1 N–H and O–H groups in total. The average molecular weight is 318 g/mol. The number of piperidine rings is 1. The zero-order valence-electron chi connectivity index (χ0n) is 14.5. The Labute approximate surface area is 140 Å². The highest BCUT2D eigenvalue weighted by Crippen LogP contribution is 2.19. The third-order valence-corrected chi connectivity index (χ3v) is 4.49. The van der Waals surface area contributed by atoms with Crippen LogP contribution < -0.4 is 10.1 Å². The van der Waals surface area contributed by atoms with Crippen LogP contribution in [0.25, 0.3) is 0 Å². The normalized spacial score (nSPS) is 16.1. The van der Waals surface area contributed by atoms with E-state index in [0.717, 1.165) is 25.3 Å². The lowest BCUT2D eigenvalue weighted by atomic mass is 9.98. The van der Waals surface area contributed by atoms with Crippen LogP contribution in [0.15, 0.2) is 30.3 Å². The molecule has 0 spiro atoms. The number of carbonyl (C=O) groups is 1. The smallest absolute Gasteiger partial charge is 0.220 e. The zero-order valence-corrected chi connectivity index (χ0v) is 14.5. The van der Waals surface area contributed by atoms with Gasteiger partial charge in [0, 0.05) is 18.5 Å². The molecule has 0 bridgehead atoms. The molecule has 1 fully saturated rings. The summed E-state index contributed by atoms with van der Waals surface area (Å²) >= 11 is 0. The van der Waals surface area contributed by atoms with Crippen molar-refractivity contribution in [1.82, 2.24) is 10.2 Å². The van der Waals surface area contributed by atoms with E-state index in [4.69, 9.17) is 4.74 Å². The maximum Gasteiger partial charge on any atom is 0.220 e. The summed E-state index contributed by atoms with van der Waals surface area (Å²) in [6, 6.07) is 9.72. The van der Waals surface area contributed by atoms with E-state index in [1.54, 1.807) is 0 Å². The van der Waals surface area contributed by atoms with Crippen LogP contribution in [0.5, 0.6) is 5.75 Å². The van der Waals surface area contributed by atoms with Crippen LogP contribution in [-0.2, 0) is 4.79 Å². The third kappa shape index (κ3) is 6.22. The molecule has 1 heterocycles. The molecule has 1 aromatic rings.